The molecular formula is C26H36N2O4. The van der Waals surface area contributed by atoms with E-state index in [1.807, 2.05) is 62.4 Å². The van der Waals surface area contributed by atoms with E-state index in [4.69, 9.17) is 9.47 Å². The molecule has 0 saturated carbocycles. The van der Waals surface area contributed by atoms with Crippen LogP contribution in [0.25, 0.3) is 0 Å². The fraction of sp³-hybridized carbons (Fsp3) is 0.462. The molecule has 174 valence electrons. The smallest absolute Gasteiger partial charge is 0.242 e. The molecule has 0 aromatic heterocycles. The minimum atomic E-state index is -0.532. The van der Waals surface area contributed by atoms with Gasteiger partial charge >= 0.3 is 0 Å². The number of benzene rings is 2. The lowest BCUT2D eigenvalue weighted by molar-refractivity contribution is -0.139. The Morgan fingerprint density at radius 3 is 2.22 bits per heavy atom. The second-order valence-electron chi connectivity index (χ2n) is 8.33. The Bertz CT molecular complexity index is 867. The van der Waals surface area contributed by atoms with Gasteiger partial charge in [-0.3, -0.25) is 9.59 Å². The van der Waals surface area contributed by atoms with Crippen LogP contribution >= 0.6 is 0 Å². The van der Waals surface area contributed by atoms with Gasteiger partial charge < -0.3 is 19.7 Å². The van der Waals surface area contributed by atoms with E-state index in [1.165, 1.54) is 0 Å². The largest absolute Gasteiger partial charge is 0.493 e. The van der Waals surface area contributed by atoms with Crippen molar-refractivity contribution in [3.63, 3.8) is 0 Å². The third-order valence-corrected chi connectivity index (χ3v) is 5.41. The molecule has 0 heterocycles. The van der Waals surface area contributed by atoms with Gasteiger partial charge in [0, 0.05) is 19.5 Å². The first-order valence-corrected chi connectivity index (χ1v) is 11.2. The summed E-state index contributed by atoms with van der Waals surface area (Å²) >= 11 is 0. The number of aryl methyl sites for hydroxylation is 1. The van der Waals surface area contributed by atoms with E-state index < -0.39 is 6.04 Å². The van der Waals surface area contributed by atoms with Crippen molar-refractivity contribution < 1.29 is 19.1 Å². The fourth-order valence-electron chi connectivity index (χ4n) is 3.45. The summed E-state index contributed by atoms with van der Waals surface area (Å²) in [5.41, 5.74) is 2.12. The van der Waals surface area contributed by atoms with Crippen LogP contribution in [0.2, 0.25) is 0 Å². The van der Waals surface area contributed by atoms with Crippen LogP contribution in [-0.2, 0) is 22.4 Å². The number of nitrogens with one attached hydrogen (secondary N) is 1. The summed E-state index contributed by atoms with van der Waals surface area (Å²) in [5, 5.41) is 2.95. The summed E-state index contributed by atoms with van der Waals surface area (Å²) in [6.07, 6.45) is 1.57. The molecule has 0 saturated heterocycles. The zero-order chi connectivity index (χ0) is 23.5. The lowest BCUT2D eigenvalue weighted by Gasteiger charge is -2.29. The van der Waals surface area contributed by atoms with Gasteiger partial charge in [0.05, 0.1) is 14.2 Å². The Kier molecular flexibility index (Phi) is 10.1. The quantitative estimate of drug-likeness (QED) is 0.544. The molecule has 6 heteroatoms. The molecule has 2 amide bonds. The molecule has 2 aromatic rings. The molecule has 2 rings (SSSR count). The average molecular weight is 441 g/mol. The number of nitrogens with zero attached hydrogens (tertiary/aromatic N) is 1. The van der Waals surface area contributed by atoms with Gasteiger partial charge in [0.2, 0.25) is 11.8 Å². The van der Waals surface area contributed by atoms with Crippen LogP contribution in [0.1, 0.15) is 38.3 Å². The Hall–Kier alpha value is -3.02. The molecule has 0 radical (unpaired) electrons. The molecule has 0 fully saturated rings. The van der Waals surface area contributed by atoms with Crippen molar-refractivity contribution >= 4 is 11.8 Å². The van der Waals surface area contributed by atoms with Gasteiger partial charge in [-0.05, 0) is 48.9 Å². The highest BCUT2D eigenvalue weighted by molar-refractivity contribution is 5.87. The maximum absolute atomic E-state index is 13.2. The number of ether oxygens (including phenoxy) is 2. The van der Waals surface area contributed by atoms with E-state index >= 15 is 0 Å². The van der Waals surface area contributed by atoms with Crippen LogP contribution < -0.4 is 14.8 Å². The first-order valence-electron chi connectivity index (χ1n) is 11.2. The summed E-state index contributed by atoms with van der Waals surface area (Å²) in [7, 11) is 3.19. The van der Waals surface area contributed by atoms with Crippen molar-refractivity contribution in [2.24, 2.45) is 5.92 Å². The van der Waals surface area contributed by atoms with Gasteiger partial charge in [0.15, 0.2) is 11.5 Å². The summed E-state index contributed by atoms with van der Waals surface area (Å²) in [5.74, 6) is 1.49. The fourth-order valence-corrected chi connectivity index (χ4v) is 3.45. The number of hydrogen-bond donors (Lipinski definition) is 1. The molecular weight excluding hydrogens is 404 g/mol. The van der Waals surface area contributed by atoms with Crippen molar-refractivity contribution in [2.75, 3.05) is 27.3 Å². The number of hydrogen-bond acceptors (Lipinski definition) is 4. The first-order chi connectivity index (χ1) is 15.3. The molecule has 1 atom stereocenters. The predicted molar refractivity (Wildman–Crippen MR) is 127 cm³/mol. The van der Waals surface area contributed by atoms with Gasteiger partial charge in [-0.2, -0.15) is 0 Å². The second-order valence-corrected chi connectivity index (χ2v) is 8.33. The van der Waals surface area contributed by atoms with E-state index in [1.54, 1.807) is 26.0 Å². The van der Waals surface area contributed by atoms with Crippen LogP contribution in [-0.4, -0.2) is 50.1 Å². The van der Waals surface area contributed by atoms with Crippen LogP contribution in [0.4, 0.5) is 0 Å². The first kappa shape index (κ1) is 25.2. The highest BCUT2D eigenvalue weighted by Crippen LogP contribution is 2.28. The second kappa shape index (κ2) is 12.7. The number of methoxy groups -OCH3 is 2. The summed E-state index contributed by atoms with van der Waals surface area (Å²) in [6.45, 7) is 6.98. The Labute approximate surface area is 191 Å². The molecule has 2 aromatic carbocycles. The highest BCUT2D eigenvalue weighted by Gasteiger charge is 2.25. The third-order valence-electron chi connectivity index (χ3n) is 5.41. The van der Waals surface area contributed by atoms with Crippen molar-refractivity contribution in [2.45, 2.75) is 46.1 Å². The van der Waals surface area contributed by atoms with Gasteiger partial charge in [-0.1, -0.05) is 50.2 Å². The van der Waals surface area contributed by atoms with Crippen LogP contribution in [0, 0.1) is 5.92 Å². The zero-order valence-corrected chi connectivity index (χ0v) is 19.9. The molecule has 32 heavy (non-hydrogen) atoms. The molecule has 0 aliphatic carbocycles. The molecule has 0 unspecified atom stereocenters. The van der Waals surface area contributed by atoms with Crippen molar-refractivity contribution in [1.29, 1.82) is 0 Å². The SMILES string of the molecule is COc1ccc(CCC(=O)N(CCc2ccccc2)[C@H](C)C(=O)NCC(C)C)cc1OC. The lowest BCUT2D eigenvalue weighted by atomic mass is 10.1. The van der Waals surface area contributed by atoms with Crippen molar-refractivity contribution in [3.8, 4) is 11.5 Å². The standard InChI is InChI=1S/C26H36N2O4/c1-19(2)18-27-26(30)20(3)28(16-15-21-9-7-6-8-10-21)25(29)14-12-22-11-13-23(31-4)24(17-22)32-5/h6-11,13,17,19-20H,12,14-16,18H2,1-5H3,(H,27,30)/t20-/m1/s1. The maximum Gasteiger partial charge on any atom is 0.242 e. The predicted octanol–water partition coefficient (Wildman–Crippen LogP) is 3.87. The molecule has 0 aliphatic rings. The van der Waals surface area contributed by atoms with E-state index in [0.29, 0.717) is 49.8 Å². The lowest BCUT2D eigenvalue weighted by Crippen LogP contribution is -2.49. The molecule has 1 N–H and O–H groups in total. The van der Waals surface area contributed by atoms with E-state index in [9.17, 15) is 9.59 Å². The summed E-state index contributed by atoms with van der Waals surface area (Å²) in [4.78, 5) is 27.6. The van der Waals surface area contributed by atoms with E-state index in [-0.39, 0.29) is 11.8 Å². The minimum absolute atomic E-state index is 0.0390. The van der Waals surface area contributed by atoms with Gasteiger partial charge in [0.1, 0.15) is 6.04 Å². The van der Waals surface area contributed by atoms with Gasteiger partial charge in [-0.15, -0.1) is 0 Å². The molecule has 0 bridgehead atoms. The van der Waals surface area contributed by atoms with E-state index in [2.05, 4.69) is 5.32 Å². The summed E-state index contributed by atoms with van der Waals surface area (Å²) < 4.78 is 10.6. The maximum atomic E-state index is 13.2. The topological polar surface area (TPSA) is 67.9 Å². The Morgan fingerprint density at radius 2 is 1.59 bits per heavy atom. The zero-order valence-electron chi connectivity index (χ0n) is 19.9. The third kappa shape index (κ3) is 7.59. The van der Waals surface area contributed by atoms with Crippen molar-refractivity contribution in [1.82, 2.24) is 10.2 Å². The van der Waals surface area contributed by atoms with Gasteiger partial charge in [0.25, 0.3) is 0 Å². The Morgan fingerprint density at radius 1 is 0.906 bits per heavy atom. The molecule has 0 aliphatic heterocycles. The van der Waals surface area contributed by atoms with Gasteiger partial charge in [-0.25, -0.2) is 0 Å². The van der Waals surface area contributed by atoms with Crippen LogP contribution in [0.3, 0.4) is 0 Å². The Balaban J connectivity index is 2.08. The number of amides is 2. The number of carbonyl (C=O) groups excluding carboxylic acids is 2. The summed E-state index contributed by atoms with van der Waals surface area (Å²) in [6, 6.07) is 15.1. The normalized spacial score (nSPS) is 11.7. The van der Waals surface area contributed by atoms with E-state index in [0.717, 1.165) is 11.1 Å². The molecule has 6 nitrogen and oxygen atoms in total. The van der Waals surface area contributed by atoms with Crippen LogP contribution in [0.5, 0.6) is 11.5 Å². The highest BCUT2D eigenvalue weighted by atomic mass is 16.5. The van der Waals surface area contributed by atoms with Crippen molar-refractivity contribution in [3.05, 3.63) is 59.7 Å². The average Bonchev–Trinajstić information content (AvgIpc) is 2.81. The number of carbonyl (C=O) groups is 2. The minimum Gasteiger partial charge on any atom is -0.493 e. The molecule has 0 spiro atoms. The number of rotatable bonds is 12. The monoisotopic (exact) mass is 440 g/mol. The van der Waals surface area contributed by atoms with Crippen LogP contribution in [0.15, 0.2) is 48.5 Å².